The smallest absolute Gasteiger partial charge is 0.143 e. The van der Waals surface area contributed by atoms with Gasteiger partial charge in [-0.1, -0.05) is 6.07 Å². The number of hydrogen-bond acceptors (Lipinski definition) is 4. The highest BCUT2D eigenvalue weighted by molar-refractivity contribution is 5.74. The number of nitrogen functional groups attached to an aromatic ring is 2. The summed E-state index contributed by atoms with van der Waals surface area (Å²) in [5.41, 5.74) is 12.9. The van der Waals surface area contributed by atoms with Gasteiger partial charge in [0.2, 0.25) is 0 Å². The Hall–Kier alpha value is -1.89. The van der Waals surface area contributed by atoms with Crippen molar-refractivity contribution in [3.63, 3.8) is 0 Å². The van der Waals surface area contributed by atoms with Crippen LogP contribution in [0.2, 0.25) is 0 Å². The summed E-state index contributed by atoms with van der Waals surface area (Å²) in [5, 5.41) is 8.48. The van der Waals surface area contributed by atoms with Crippen LogP contribution in [0.5, 0.6) is 5.75 Å². The van der Waals surface area contributed by atoms with Crippen molar-refractivity contribution < 1.29 is 4.74 Å². The number of nitriles is 1. The highest BCUT2D eigenvalue weighted by atomic mass is 16.5. The third-order valence-electron chi connectivity index (χ3n) is 1.83. The van der Waals surface area contributed by atoms with E-state index < -0.39 is 0 Å². The largest absolute Gasteiger partial charge is 0.495 e. The molecule has 0 aliphatic rings. The minimum Gasteiger partial charge on any atom is -0.495 e. The molecule has 0 heterocycles. The minimum absolute atomic E-state index is 0.264. The van der Waals surface area contributed by atoms with E-state index in [9.17, 15) is 0 Å². The lowest BCUT2D eigenvalue weighted by Crippen LogP contribution is -2.01. The zero-order chi connectivity index (χ0) is 9.84. The molecule has 1 rings (SSSR count). The number of ether oxygens (including phenoxy) is 1. The van der Waals surface area contributed by atoms with E-state index in [0.717, 1.165) is 5.56 Å². The van der Waals surface area contributed by atoms with Crippen LogP contribution in [-0.4, -0.2) is 7.11 Å². The first-order valence-electron chi connectivity index (χ1n) is 3.78. The first-order valence-corrected chi connectivity index (χ1v) is 3.78. The summed E-state index contributed by atoms with van der Waals surface area (Å²) in [5.74, 6) is 0.541. The Morgan fingerprint density at radius 2 is 2.08 bits per heavy atom. The van der Waals surface area contributed by atoms with Crippen molar-refractivity contribution in [2.75, 3.05) is 18.6 Å². The number of rotatable bonds is 2. The van der Waals surface area contributed by atoms with E-state index in [1.807, 2.05) is 6.07 Å². The van der Waals surface area contributed by atoms with Crippen LogP contribution in [0.4, 0.5) is 11.4 Å². The topological polar surface area (TPSA) is 85.1 Å². The molecule has 0 fully saturated rings. The van der Waals surface area contributed by atoms with Crippen LogP contribution in [0.1, 0.15) is 5.56 Å². The zero-order valence-corrected chi connectivity index (χ0v) is 7.37. The van der Waals surface area contributed by atoms with E-state index in [-0.39, 0.29) is 6.42 Å². The van der Waals surface area contributed by atoms with Crippen molar-refractivity contribution >= 4 is 11.4 Å². The van der Waals surface area contributed by atoms with Gasteiger partial charge >= 0.3 is 0 Å². The molecule has 1 aromatic carbocycles. The Bertz CT molecular complexity index is 355. The van der Waals surface area contributed by atoms with Crippen molar-refractivity contribution in [3.8, 4) is 11.8 Å². The zero-order valence-electron chi connectivity index (χ0n) is 7.37. The molecule has 0 aliphatic carbocycles. The third-order valence-corrected chi connectivity index (χ3v) is 1.83. The van der Waals surface area contributed by atoms with Gasteiger partial charge in [0.15, 0.2) is 0 Å². The van der Waals surface area contributed by atoms with Gasteiger partial charge in [-0.2, -0.15) is 5.26 Å². The maximum absolute atomic E-state index is 8.48. The highest BCUT2D eigenvalue weighted by Crippen LogP contribution is 2.30. The quantitative estimate of drug-likeness (QED) is 0.658. The van der Waals surface area contributed by atoms with Crippen molar-refractivity contribution in [1.82, 2.24) is 0 Å². The molecular weight excluding hydrogens is 166 g/mol. The van der Waals surface area contributed by atoms with E-state index in [4.69, 9.17) is 21.5 Å². The van der Waals surface area contributed by atoms with Gasteiger partial charge in [0, 0.05) is 0 Å². The van der Waals surface area contributed by atoms with Crippen LogP contribution >= 0.6 is 0 Å². The van der Waals surface area contributed by atoms with Gasteiger partial charge in [-0.3, -0.25) is 0 Å². The molecule has 13 heavy (non-hydrogen) atoms. The molecule has 4 heteroatoms. The maximum atomic E-state index is 8.48. The molecule has 0 saturated heterocycles. The van der Waals surface area contributed by atoms with Crippen LogP contribution in [0, 0.1) is 11.3 Å². The summed E-state index contributed by atoms with van der Waals surface area (Å²) in [7, 11) is 1.52. The standard InChI is InChI=1S/C9H11N3O/c1-13-7-3-2-6(4-5-10)8(11)9(7)12/h2-3H,4,11-12H2,1H3. The number of methoxy groups -OCH3 is 1. The van der Waals surface area contributed by atoms with Crippen LogP contribution < -0.4 is 16.2 Å². The van der Waals surface area contributed by atoms with Crippen LogP contribution in [0.25, 0.3) is 0 Å². The van der Waals surface area contributed by atoms with Gasteiger partial charge in [0.1, 0.15) is 5.75 Å². The Morgan fingerprint density at radius 3 is 2.62 bits per heavy atom. The third kappa shape index (κ3) is 1.64. The van der Waals surface area contributed by atoms with Gasteiger partial charge in [0.05, 0.1) is 31.0 Å². The number of nitrogens with two attached hydrogens (primary N) is 2. The number of hydrogen-bond donors (Lipinski definition) is 2. The predicted octanol–water partition coefficient (Wildman–Crippen LogP) is 0.926. The average molecular weight is 177 g/mol. The number of anilines is 2. The molecular formula is C9H11N3O. The lowest BCUT2D eigenvalue weighted by Gasteiger charge is -2.09. The SMILES string of the molecule is COc1ccc(CC#N)c(N)c1N. The van der Waals surface area contributed by atoms with Crippen LogP contribution in [0.15, 0.2) is 12.1 Å². The van der Waals surface area contributed by atoms with Gasteiger partial charge < -0.3 is 16.2 Å². The second-order valence-electron chi connectivity index (χ2n) is 2.59. The fourth-order valence-electron chi connectivity index (χ4n) is 1.08. The number of benzene rings is 1. The van der Waals surface area contributed by atoms with E-state index in [2.05, 4.69) is 0 Å². The van der Waals surface area contributed by atoms with E-state index >= 15 is 0 Å². The molecule has 0 bridgehead atoms. The van der Waals surface area contributed by atoms with Crippen LogP contribution in [-0.2, 0) is 6.42 Å². The Labute approximate surface area is 76.7 Å². The maximum Gasteiger partial charge on any atom is 0.143 e. The predicted molar refractivity (Wildman–Crippen MR) is 51.1 cm³/mol. The van der Waals surface area contributed by atoms with Gasteiger partial charge in [0.25, 0.3) is 0 Å². The minimum atomic E-state index is 0.264. The molecule has 0 unspecified atom stereocenters. The number of nitrogens with zero attached hydrogens (tertiary/aromatic N) is 1. The lowest BCUT2D eigenvalue weighted by atomic mass is 10.1. The molecule has 0 amide bonds. The summed E-state index contributed by atoms with van der Waals surface area (Å²) < 4.78 is 4.97. The normalized spacial score (nSPS) is 9.23. The summed E-state index contributed by atoms with van der Waals surface area (Å²) in [4.78, 5) is 0. The molecule has 4 nitrogen and oxygen atoms in total. The molecule has 0 radical (unpaired) electrons. The van der Waals surface area contributed by atoms with Crippen LogP contribution in [0.3, 0.4) is 0 Å². The second-order valence-corrected chi connectivity index (χ2v) is 2.59. The van der Waals surface area contributed by atoms with Gasteiger partial charge in [-0.05, 0) is 11.6 Å². The van der Waals surface area contributed by atoms with Gasteiger partial charge in [-0.25, -0.2) is 0 Å². The fraction of sp³-hybridized carbons (Fsp3) is 0.222. The van der Waals surface area contributed by atoms with E-state index in [0.29, 0.717) is 17.1 Å². The Kier molecular flexibility index (Phi) is 2.60. The molecule has 0 aliphatic heterocycles. The summed E-state index contributed by atoms with van der Waals surface area (Å²) in [6.45, 7) is 0. The first-order chi connectivity index (χ1) is 6.20. The molecule has 0 atom stereocenters. The average Bonchev–Trinajstić information content (AvgIpc) is 2.14. The molecule has 4 N–H and O–H groups in total. The second kappa shape index (κ2) is 3.68. The molecule has 0 aromatic heterocycles. The summed E-state index contributed by atoms with van der Waals surface area (Å²) in [6, 6.07) is 5.46. The molecule has 0 saturated carbocycles. The van der Waals surface area contributed by atoms with Crippen molar-refractivity contribution in [2.24, 2.45) is 0 Å². The summed E-state index contributed by atoms with van der Waals surface area (Å²) in [6.07, 6.45) is 0.264. The first kappa shape index (κ1) is 9.20. The van der Waals surface area contributed by atoms with E-state index in [1.54, 1.807) is 12.1 Å². The van der Waals surface area contributed by atoms with Crippen molar-refractivity contribution in [1.29, 1.82) is 5.26 Å². The Morgan fingerprint density at radius 1 is 1.38 bits per heavy atom. The molecule has 68 valence electrons. The van der Waals surface area contributed by atoms with E-state index in [1.165, 1.54) is 7.11 Å². The van der Waals surface area contributed by atoms with Gasteiger partial charge in [-0.15, -0.1) is 0 Å². The fourth-order valence-corrected chi connectivity index (χ4v) is 1.08. The Balaban J connectivity index is 3.17. The molecule has 0 spiro atoms. The lowest BCUT2D eigenvalue weighted by molar-refractivity contribution is 0.417. The van der Waals surface area contributed by atoms with Crippen molar-refractivity contribution in [3.05, 3.63) is 17.7 Å². The highest BCUT2D eigenvalue weighted by Gasteiger charge is 2.07. The summed E-state index contributed by atoms with van der Waals surface area (Å²) >= 11 is 0. The monoisotopic (exact) mass is 177 g/mol. The van der Waals surface area contributed by atoms with Crippen molar-refractivity contribution in [2.45, 2.75) is 6.42 Å². The molecule has 1 aromatic rings.